The second-order valence-corrected chi connectivity index (χ2v) is 15.0. The number of fused-ring (bicyclic) bond motifs is 4. The molecule has 4 aromatic carbocycles. The van der Waals surface area contributed by atoms with Crippen molar-refractivity contribution in [2.75, 3.05) is 22.9 Å². The number of aldehydes is 1. The molecule has 0 fully saturated rings. The number of carbonyl (C=O) groups excluding carboxylic acids is 1. The van der Waals surface area contributed by atoms with Crippen molar-refractivity contribution in [3.05, 3.63) is 94.0 Å². The maximum atomic E-state index is 11.6. The fourth-order valence-electron chi connectivity index (χ4n) is 6.14. The van der Waals surface area contributed by atoms with Crippen molar-refractivity contribution in [3.8, 4) is 0 Å². The van der Waals surface area contributed by atoms with Crippen LogP contribution in [-0.4, -0.2) is 19.4 Å². The van der Waals surface area contributed by atoms with E-state index in [1.807, 2.05) is 23.9 Å². The monoisotopic (exact) mass is 696 g/mol. The summed E-state index contributed by atoms with van der Waals surface area (Å²) in [7, 11) is 0. The number of hydrogen-bond donors (Lipinski definition) is 0. The molecule has 2 aliphatic rings. The van der Waals surface area contributed by atoms with Crippen LogP contribution in [0.2, 0.25) is 0 Å². The van der Waals surface area contributed by atoms with Gasteiger partial charge in [0.2, 0.25) is 0 Å². The summed E-state index contributed by atoms with van der Waals surface area (Å²) in [5.74, 6) is 0. The molecule has 6 heteroatoms. The van der Waals surface area contributed by atoms with Gasteiger partial charge < -0.3 is 9.80 Å². The molecular weight excluding hydrogens is 656 g/mol. The van der Waals surface area contributed by atoms with Gasteiger partial charge in [-0.2, -0.15) is 0 Å². The normalized spacial score (nSPS) is 13.4. The Kier molecular flexibility index (Phi) is 10.8. The van der Waals surface area contributed by atoms with E-state index in [0.29, 0.717) is 0 Å². The zero-order valence-corrected chi connectivity index (χ0v) is 29.4. The predicted octanol–water partition coefficient (Wildman–Crippen LogP) is 12.8. The van der Waals surface area contributed by atoms with Gasteiger partial charge in [-0.05, 0) is 84.6 Å². The van der Waals surface area contributed by atoms with Crippen LogP contribution in [0.1, 0.15) is 86.7 Å². The topological polar surface area (TPSA) is 23.6 Å². The Balaban J connectivity index is 1.24. The highest BCUT2D eigenvalue weighted by molar-refractivity contribution is 9.10. The lowest BCUT2D eigenvalue weighted by Gasteiger charge is -2.33. The van der Waals surface area contributed by atoms with E-state index < -0.39 is 0 Å². The maximum Gasteiger partial charge on any atom is 0.150 e. The fraction of sp³-hybridized carbons (Fsp3) is 0.308. The minimum Gasteiger partial charge on any atom is -0.340 e. The maximum absolute atomic E-state index is 11.6. The van der Waals surface area contributed by atoms with E-state index >= 15 is 0 Å². The number of anilines is 4. The van der Waals surface area contributed by atoms with Crippen molar-refractivity contribution < 1.29 is 4.79 Å². The van der Waals surface area contributed by atoms with Crippen LogP contribution >= 0.6 is 39.5 Å². The predicted molar refractivity (Wildman–Crippen MR) is 198 cm³/mol. The first-order valence-electron chi connectivity index (χ1n) is 16.3. The minimum atomic E-state index is 0.728. The van der Waals surface area contributed by atoms with Crippen LogP contribution in [0.25, 0.3) is 12.2 Å². The quantitative estimate of drug-likeness (QED) is 0.0786. The summed E-state index contributed by atoms with van der Waals surface area (Å²) in [6, 6.07) is 26.4. The summed E-state index contributed by atoms with van der Waals surface area (Å²) >= 11 is 7.33. The fourth-order valence-corrected chi connectivity index (χ4v) is 9.03. The minimum absolute atomic E-state index is 0.728. The molecule has 0 aliphatic carbocycles. The van der Waals surface area contributed by atoms with Gasteiger partial charge in [0.25, 0.3) is 0 Å². The van der Waals surface area contributed by atoms with Crippen LogP contribution in [0.3, 0.4) is 0 Å². The molecule has 0 N–H and O–H groups in total. The van der Waals surface area contributed by atoms with Gasteiger partial charge in [-0.3, -0.25) is 4.79 Å². The van der Waals surface area contributed by atoms with Gasteiger partial charge in [-0.25, -0.2) is 0 Å². The molecule has 0 amide bonds. The zero-order chi connectivity index (χ0) is 31.2. The molecule has 2 heterocycles. The summed E-state index contributed by atoms with van der Waals surface area (Å²) in [6.45, 7) is 6.55. The van der Waals surface area contributed by atoms with Crippen molar-refractivity contribution in [3.63, 3.8) is 0 Å². The van der Waals surface area contributed by atoms with Gasteiger partial charge in [0.05, 0.1) is 22.7 Å². The highest BCUT2D eigenvalue weighted by Crippen LogP contribution is 2.50. The molecule has 232 valence electrons. The second kappa shape index (κ2) is 15.1. The van der Waals surface area contributed by atoms with Gasteiger partial charge in [0.1, 0.15) is 6.29 Å². The lowest BCUT2D eigenvalue weighted by atomic mass is 10.1. The highest BCUT2D eigenvalue weighted by Gasteiger charge is 2.25. The van der Waals surface area contributed by atoms with Crippen LogP contribution in [0.5, 0.6) is 0 Å². The first kappa shape index (κ1) is 32.0. The Morgan fingerprint density at radius 3 is 1.44 bits per heavy atom. The van der Waals surface area contributed by atoms with Gasteiger partial charge in [-0.1, -0.05) is 116 Å². The molecule has 0 radical (unpaired) electrons. The molecule has 0 aromatic heterocycles. The smallest absolute Gasteiger partial charge is 0.150 e. The van der Waals surface area contributed by atoms with Crippen LogP contribution in [0.4, 0.5) is 22.7 Å². The van der Waals surface area contributed by atoms with E-state index in [9.17, 15) is 4.79 Å². The van der Waals surface area contributed by atoms with Crippen molar-refractivity contribution in [2.45, 2.75) is 84.8 Å². The lowest BCUT2D eigenvalue weighted by molar-refractivity contribution is 0.112. The Bertz CT molecular complexity index is 1700. The third kappa shape index (κ3) is 7.40. The largest absolute Gasteiger partial charge is 0.340 e. The average molecular weight is 698 g/mol. The van der Waals surface area contributed by atoms with Crippen LogP contribution in [0.15, 0.2) is 96.9 Å². The molecule has 0 bridgehead atoms. The van der Waals surface area contributed by atoms with Crippen LogP contribution in [0, 0.1) is 0 Å². The Hall–Kier alpha value is -2.93. The summed E-state index contributed by atoms with van der Waals surface area (Å²) in [6.07, 6.45) is 15.3. The van der Waals surface area contributed by atoms with E-state index in [-0.39, 0.29) is 0 Å². The van der Waals surface area contributed by atoms with Crippen molar-refractivity contribution in [1.29, 1.82) is 0 Å². The summed E-state index contributed by atoms with van der Waals surface area (Å²) in [4.78, 5) is 21.5. The number of unbranched alkanes of at least 4 members (excludes halogenated alkanes) is 6. The molecule has 0 atom stereocenters. The average Bonchev–Trinajstić information content (AvgIpc) is 3.06. The third-order valence-corrected chi connectivity index (χ3v) is 11.2. The molecule has 0 spiro atoms. The van der Waals surface area contributed by atoms with E-state index in [0.717, 1.165) is 40.7 Å². The second-order valence-electron chi connectivity index (χ2n) is 11.9. The van der Waals surface area contributed by atoms with E-state index in [2.05, 4.69) is 112 Å². The SMILES string of the molecule is CCCCCCN1c2ccc(Br)cc2Sc2cc(/C=C/c3ccc4c(c3)Sc3cc(C=O)ccc3N4CCCCCC)ccc21. The summed E-state index contributed by atoms with van der Waals surface area (Å²) in [5, 5.41) is 0. The highest BCUT2D eigenvalue weighted by atomic mass is 79.9. The Morgan fingerprint density at radius 2 is 0.978 bits per heavy atom. The van der Waals surface area contributed by atoms with Crippen molar-refractivity contribution in [2.24, 2.45) is 0 Å². The molecule has 0 saturated heterocycles. The number of hydrogen-bond acceptors (Lipinski definition) is 5. The van der Waals surface area contributed by atoms with E-state index in [4.69, 9.17) is 0 Å². The van der Waals surface area contributed by atoms with Gasteiger partial charge >= 0.3 is 0 Å². The number of halogens is 1. The van der Waals surface area contributed by atoms with Gasteiger partial charge in [-0.15, -0.1) is 0 Å². The molecule has 4 aromatic rings. The molecule has 3 nitrogen and oxygen atoms in total. The number of nitrogens with zero attached hydrogens (tertiary/aromatic N) is 2. The first-order valence-corrected chi connectivity index (χ1v) is 18.8. The van der Waals surface area contributed by atoms with Crippen LogP contribution < -0.4 is 9.80 Å². The van der Waals surface area contributed by atoms with Gasteiger partial charge in [0.15, 0.2) is 0 Å². The molecule has 0 saturated carbocycles. The Labute approximate surface area is 285 Å². The number of benzene rings is 4. The molecule has 2 aliphatic heterocycles. The molecule has 45 heavy (non-hydrogen) atoms. The number of rotatable bonds is 13. The van der Waals surface area contributed by atoms with Crippen LogP contribution in [-0.2, 0) is 0 Å². The third-order valence-electron chi connectivity index (χ3n) is 8.55. The van der Waals surface area contributed by atoms with Crippen molar-refractivity contribution in [1.82, 2.24) is 0 Å². The molecule has 0 unspecified atom stereocenters. The van der Waals surface area contributed by atoms with E-state index in [1.165, 1.54) is 93.5 Å². The van der Waals surface area contributed by atoms with Crippen molar-refractivity contribution >= 4 is 80.6 Å². The van der Waals surface area contributed by atoms with E-state index in [1.54, 1.807) is 11.8 Å². The standard InChI is InChI=1S/C39H41BrN2OS2/c1-3-5-7-9-21-41-32-17-13-28(23-36(32)44-38-25-30(27-43)15-19-34(38)41)11-12-29-14-18-33-37(24-29)45-39-26-31(40)16-20-35(39)42(33)22-10-8-6-4-2/h11-20,23-27H,3-10,21-22H2,1-2H3/b12-11+. The molecular formula is C39H41BrN2OS2. The molecule has 6 rings (SSSR count). The zero-order valence-electron chi connectivity index (χ0n) is 26.2. The summed E-state index contributed by atoms with van der Waals surface area (Å²) in [5.41, 5.74) is 8.19. The number of carbonyl (C=O) groups is 1. The first-order chi connectivity index (χ1) is 22.1. The lowest BCUT2D eigenvalue weighted by Crippen LogP contribution is -2.22. The Morgan fingerprint density at radius 1 is 0.556 bits per heavy atom. The van der Waals surface area contributed by atoms with Gasteiger partial charge in [0, 0.05) is 42.7 Å². The summed E-state index contributed by atoms with van der Waals surface area (Å²) < 4.78 is 1.12.